The lowest BCUT2D eigenvalue weighted by atomic mass is 10.3. The topological polar surface area (TPSA) is 35.2 Å². The lowest BCUT2D eigenvalue weighted by Crippen LogP contribution is -1.87. The Morgan fingerprint density at radius 1 is 1.45 bits per heavy atom. The number of benzene rings is 1. The first-order valence-electron chi connectivity index (χ1n) is 2.83. The molecule has 0 atom stereocenters. The van der Waals surface area contributed by atoms with Crippen molar-refractivity contribution in [3.05, 3.63) is 23.2 Å². The van der Waals surface area contributed by atoms with E-state index < -0.39 is 0 Å². The summed E-state index contributed by atoms with van der Waals surface area (Å²) in [5, 5.41) is 0.580. The highest BCUT2D eigenvalue weighted by Crippen LogP contribution is 2.25. The summed E-state index contributed by atoms with van der Waals surface area (Å²) in [6.07, 6.45) is 0. The van der Waals surface area contributed by atoms with Crippen LogP contribution in [-0.2, 0) is 0 Å². The number of anilines is 1. The van der Waals surface area contributed by atoms with Crippen molar-refractivity contribution in [2.45, 2.75) is 0 Å². The molecule has 0 unspecified atom stereocenters. The number of hydrogen-bond acceptors (Lipinski definition) is 2. The minimum absolute atomic E-state index is 0. The zero-order chi connectivity index (χ0) is 7.56. The Kier molecular flexibility index (Phi) is 4.08. The molecule has 1 aromatic rings. The van der Waals surface area contributed by atoms with Crippen LogP contribution in [0.3, 0.4) is 0 Å². The lowest BCUT2D eigenvalue weighted by Gasteiger charge is -2.01. The molecule has 1 aromatic carbocycles. The Bertz CT molecular complexity index is 240. The van der Waals surface area contributed by atoms with Crippen LogP contribution >= 0.6 is 24.0 Å². The van der Waals surface area contributed by atoms with Gasteiger partial charge in [0.25, 0.3) is 0 Å². The molecule has 0 amide bonds. The van der Waals surface area contributed by atoms with Crippen LogP contribution in [0.15, 0.2) is 18.2 Å². The first kappa shape index (κ1) is 10.4. The van der Waals surface area contributed by atoms with Gasteiger partial charge in [-0.25, -0.2) is 0 Å². The van der Waals surface area contributed by atoms with Gasteiger partial charge in [0.1, 0.15) is 5.75 Å². The van der Waals surface area contributed by atoms with Gasteiger partial charge in [-0.15, -0.1) is 12.4 Å². The van der Waals surface area contributed by atoms with Gasteiger partial charge in [-0.1, -0.05) is 11.6 Å². The summed E-state index contributed by atoms with van der Waals surface area (Å²) in [6, 6.07) is 5.11. The van der Waals surface area contributed by atoms with Crippen LogP contribution in [0.25, 0.3) is 0 Å². The summed E-state index contributed by atoms with van der Waals surface area (Å²) in [6.45, 7) is 0. The van der Waals surface area contributed by atoms with Crippen LogP contribution < -0.4 is 10.5 Å². The molecule has 0 bridgehead atoms. The molecule has 2 N–H and O–H groups in total. The first-order chi connectivity index (χ1) is 4.74. The Morgan fingerprint density at radius 2 is 2.09 bits per heavy atom. The molecule has 4 heteroatoms. The van der Waals surface area contributed by atoms with Crippen molar-refractivity contribution in [2.75, 3.05) is 12.8 Å². The van der Waals surface area contributed by atoms with E-state index in [1.807, 2.05) is 0 Å². The SMILES string of the molecule is COc1cc(N)ccc1Cl.Cl. The molecular formula is C7H9Cl2NO. The van der Waals surface area contributed by atoms with E-state index in [1.165, 1.54) is 0 Å². The highest BCUT2D eigenvalue weighted by atomic mass is 35.5. The predicted molar refractivity (Wildman–Crippen MR) is 49.7 cm³/mol. The molecule has 62 valence electrons. The average molecular weight is 194 g/mol. The number of nitrogens with two attached hydrogens (primary N) is 1. The monoisotopic (exact) mass is 193 g/mol. The van der Waals surface area contributed by atoms with Gasteiger partial charge < -0.3 is 10.5 Å². The minimum atomic E-state index is 0. The molecule has 0 aliphatic carbocycles. The summed E-state index contributed by atoms with van der Waals surface area (Å²) in [5.41, 5.74) is 6.12. The highest BCUT2D eigenvalue weighted by molar-refractivity contribution is 6.32. The molecule has 0 saturated heterocycles. The summed E-state index contributed by atoms with van der Waals surface area (Å²) in [4.78, 5) is 0. The van der Waals surface area contributed by atoms with E-state index in [-0.39, 0.29) is 12.4 Å². The number of rotatable bonds is 1. The third-order valence-electron chi connectivity index (χ3n) is 1.18. The van der Waals surface area contributed by atoms with Crippen LogP contribution in [0.4, 0.5) is 5.69 Å². The van der Waals surface area contributed by atoms with Gasteiger partial charge in [-0.05, 0) is 12.1 Å². The van der Waals surface area contributed by atoms with Gasteiger partial charge in [-0.3, -0.25) is 0 Å². The number of methoxy groups -OCH3 is 1. The van der Waals surface area contributed by atoms with Crippen molar-refractivity contribution < 1.29 is 4.74 Å². The van der Waals surface area contributed by atoms with E-state index in [2.05, 4.69) is 0 Å². The van der Waals surface area contributed by atoms with Crippen molar-refractivity contribution >= 4 is 29.7 Å². The fourth-order valence-electron chi connectivity index (χ4n) is 0.676. The van der Waals surface area contributed by atoms with Gasteiger partial charge >= 0.3 is 0 Å². The second-order valence-electron chi connectivity index (χ2n) is 1.89. The Morgan fingerprint density at radius 3 is 2.55 bits per heavy atom. The fraction of sp³-hybridized carbons (Fsp3) is 0.143. The van der Waals surface area contributed by atoms with Gasteiger partial charge in [0, 0.05) is 11.8 Å². The van der Waals surface area contributed by atoms with Crippen molar-refractivity contribution in [3.8, 4) is 5.75 Å². The summed E-state index contributed by atoms with van der Waals surface area (Å²) in [5.74, 6) is 0.613. The molecule has 0 spiro atoms. The van der Waals surface area contributed by atoms with Crippen LogP contribution in [0, 0.1) is 0 Å². The van der Waals surface area contributed by atoms with Crippen molar-refractivity contribution in [2.24, 2.45) is 0 Å². The van der Waals surface area contributed by atoms with Gasteiger partial charge in [0.15, 0.2) is 0 Å². The van der Waals surface area contributed by atoms with Crippen LogP contribution in [0.5, 0.6) is 5.75 Å². The third-order valence-corrected chi connectivity index (χ3v) is 1.49. The molecule has 0 saturated carbocycles. The molecule has 11 heavy (non-hydrogen) atoms. The molecule has 1 rings (SSSR count). The van der Waals surface area contributed by atoms with E-state index in [4.69, 9.17) is 22.1 Å². The third kappa shape index (κ3) is 2.48. The molecule has 0 heterocycles. The molecule has 0 radical (unpaired) electrons. The van der Waals surface area contributed by atoms with E-state index in [9.17, 15) is 0 Å². The minimum Gasteiger partial charge on any atom is -0.495 e. The summed E-state index contributed by atoms with van der Waals surface area (Å²) < 4.78 is 4.91. The van der Waals surface area contributed by atoms with Crippen LogP contribution in [-0.4, -0.2) is 7.11 Å². The Balaban J connectivity index is 0.000001000. The first-order valence-corrected chi connectivity index (χ1v) is 3.21. The standard InChI is InChI=1S/C7H8ClNO.ClH/c1-10-7-4-5(9)2-3-6(7)8;/h2-4H,9H2,1H3;1H. The lowest BCUT2D eigenvalue weighted by molar-refractivity contribution is 0.415. The Hall–Kier alpha value is -0.600. The van der Waals surface area contributed by atoms with E-state index in [1.54, 1.807) is 25.3 Å². The fourth-order valence-corrected chi connectivity index (χ4v) is 0.871. The molecule has 0 aliphatic heterocycles. The normalized spacial score (nSPS) is 8.55. The van der Waals surface area contributed by atoms with Crippen molar-refractivity contribution in [3.63, 3.8) is 0 Å². The molecular weight excluding hydrogens is 185 g/mol. The van der Waals surface area contributed by atoms with Crippen molar-refractivity contribution in [1.29, 1.82) is 0 Å². The maximum atomic E-state index is 5.72. The number of hydrogen-bond donors (Lipinski definition) is 1. The number of halogens is 2. The van der Waals surface area contributed by atoms with Crippen molar-refractivity contribution in [1.82, 2.24) is 0 Å². The van der Waals surface area contributed by atoms with Crippen LogP contribution in [0.2, 0.25) is 5.02 Å². The van der Waals surface area contributed by atoms with Gasteiger partial charge in [-0.2, -0.15) is 0 Å². The second kappa shape index (κ2) is 4.31. The van der Waals surface area contributed by atoms with E-state index in [0.717, 1.165) is 0 Å². The zero-order valence-corrected chi connectivity index (χ0v) is 7.58. The predicted octanol–water partition coefficient (Wildman–Crippen LogP) is 2.35. The van der Waals surface area contributed by atoms with E-state index in [0.29, 0.717) is 16.5 Å². The smallest absolute Gasteiger partial charge is 0.139 e. The molecule has 0 aromatic heterocycles. The maximum absolute atomic E-state index is 5.72. The second-order valence-corrected chi connectivity index (χ2v) is 2.30. The highest BCUT2D eigenvalue weighted by Gasteiger charge is 1.97. The van der Waals surface area contributed by atoms with Gasteiger partial charge in [0.05, 0.1) is 12.1 Å². The molecule has 2 nitrogen and oxygen atoms in total. The summed E-state index contributed by atoms with van der Waals surface area (Å²) >= 11 is 5.72. The maximum Gasteiger partial charge on any atom is 0.139 e. The summed E-state index contributed by atoms with van der Waals surface area (Å²) in [7, 11) is 1.56. The Labute approximate surface area is 76.7 Å². The zero-order valence-electron chi connectivity index (χ0n) is 6.00. The van der Waals surface area contributed by atoms with Crippen LogP contribution in [0.1, 0.15) is 0 Å². The van der Waals surface area contributed by atoms with E-state index >= 15 is 0 Å². The molecule has 0 fully saturated rings. The number of ether oxygens (including phenoxy) is 1. The number of nitrogen functional groups attached to an aromatic ring is 1. The average Bonchev–Trinajstić information content (AvgIpc) is 1.94. The van der Waals surface area contributed by atoms with Gasteiger partial charge in [0.2, 0.25) is 0 Å². The largest absolute Gasteiger partial charge is 0.495 e. The molecule has 0 aliphatic rings. The quantitative estimate of drug-likeness (QED) is 0.696.